The summed E-state index contributed by atoms with van der Waals surface area (Å²) in [5, 5.41) is 14.4. The van der Waals surface area contributed by atoms with Gasteiger partial charge in [0.25, 0.3) is 5.89 Å². The Balaban J connectivity index is 1.67. The average molecular weight is 393 g/mol. The van der Waals surface area contributed by atoms with E-state index in [4.69, 9.17) is 4.42 Å². The minimum Gasteiger partial charge on any atom is -0.418 e. The Morgan fingerprint density at radius 1 is 1.38 bits per heavy atom. The number of sulfonamides is 1. The second-order valence-electron chi connectivity index (χ2n) is 6.13. The summed E-state index contributed by atoms with van der Waals surface area (Å²) in [6, 6.07) is 3.36. The number of hydrogen-bond acceptors (Lipinski definition) is 7. The quantitative estimate of drug-likeness (QED) is 0.662. The van der Waals surface area contributed by atoms with Crippen molar-refractivity contribution in [2.45, 2.75) is 44.2 Å². The minimum absolute atomic E-state index is 0.240. The summed E-state index contributed by atoms with van der Waals surface area (Å²) < 4.78 is 35.3. The summed E-state index contributed by atoms with van der Waals surface area (Å²) in [5.74, 6) is 0.768. The minimum atomic E-state index is -3.68. The maximum atomic E-state index is 13.2. The van der Waals surface area contributed by atoms with Crippen molar-refractivity contribution in [3.05, 3.63) is 35.3 Å². The van der Waals surface area contributed by atoms with E-state index in [2.05, 4.69) is 15.3 Å². The molecule has 3 aromatic rings. The van der Waals surface area contributed by atoms with Gasteiger partial charge in [0.15, 0.2) is 0 Å². The molecule has 0 N–H and O–H groups in total. The van der Waals surface area contributed by atoms with Gasteiger partial charge in [-0.1, -0.05) is 6.07 Å². The van der Waals surface area contributed by atoms with Crippen LogP contribution >= 0.6 is 11.3 Å². The Labute approximate surface area is 155 Å². The fraction of sp³-hybridized carbons (Fsp3) is 0.438. The molecule has 4 heterocycles. The molecule has 0 bridgehead atoms. The van der Waals surface area contributed by atoms with Crippen molar-refractivity contribution in [1.29, 1.82) is 0 Å². The molecule has 0 saturated carbocycles. The lowest BCUT2D eigenvalue weighted by atomic mass is 10.2. The molecule has 3 aromatic heterocycles. The third kappa shape index (κ3) is 2.87. The van der Waals surface area contributed by atoms with Gasteiger partial charge in [-0.2, -0.15) is 9.40 Å². The molecule has 8 nitrogen and oxygen atoms in total. The first-order valence-corrected chi connectivity index (χ1v) is 10.8. The van der Waals surface area contributed by atoms with Crippen LogP contribution in [0.1, 0.15) is 37.4 Å². The van der Waals surface area contributed by atoms with Crippen molar-refractivity contribution in [3.63, 3.8) is 0 Å². The molecule has 10 heteroatoms. The number of hydrogen-bond donors (Lipinski definition) is 0. The molecule has 138 valence electrons. The van der Waals surface area contributed by atoms with Gasteiger partial charge < -0.3 is 4.42 Å². The highest BCUT2D eigenvalue weighted by molar-refractivity contribution is 7.89. The third-order valence-electron chi connectivity index (χ3n) is 4.47. The summed E-state index contributed by atoms with van der Waals surface area (Å²) in [6.45, 7) is 4.69. The lowest BCUT2D eigenvalue weighted by molar-refractivity contribution is 0.332. The van der Waals surface area contributed by atoms with Crippen molar-refractivity contribution < 1.29 is 12.8 Å². The predicted octanol–water partition coefficient (Wildman–Crippen LogP) is 2.85. The van der Waals surface area contributed by atoms with Crippen molar-refractivity contribution >= 4 is 21.4 Å². The van der Waals surface area contributed by atoms with Crippen LogP contribution in [0.15, 0.2) is 33.0 Å². The van der Waals surface area contributed by atoms with Gasteiger partial charge in [-0.3, -0.25) is 4.68 Å². The molecule has 1 aliphatic heterocycles. The van der Waals surface area contributed by atoms with Crippen LogP contribution in [0, 0.1) is 6.92 Å². The van der Waals surface area contributed by atoms with Gasteiger partial charge in [0.1, 0.15) is 10.9 Å². The van der Waals surface area contributed by atoms with Crippen LogP contribution in [-0.2, 0) is 16.6 Å². The summed E-state index contributed by atoms with van der Waals surface area (Å²) in [5.41, 5.74) is 0.502. The zero-order chi connectivity index (χ0) is 18.3. The standard InChI is InChI=1S/C16H19N5O3S2/c1-3-20-10-14(11(2)19-20)26(22,23)21-8-4-6-12(21)15-17-18-16(24-15)13-7-5-9-25-13/h5,7,9-10,12H,3-4,6,8H2,1-2H3. The molecule has 0 radical (unpaired) electrons. The fourth-order valence-electron chi connectivity index (χ4n) is 3.18. The van der Waals surface area contributed by atoms with Crippen molar-refractivity contribution in [1.82, 2.24) is 24.3 Å². The Kier molecular flexibility index (Phi) is 4.41. The van der Waals surface area contributed by atoms with Gasteiger partial charge in [0, 0.05) is 19.3 Å². The van der Waals surface area contributed by atoms with E-state index in [9.17, 15) is 8.42 Å². The van der Waals surface area contributed by atoms with Crippen LogP contribution in [0.5, 0.6) is 0 Å². The molecule has 1 aliphatic rings. The molecule has 0 aliphatic carbocycles. The molecule has 26 heavy (non-hydrogen) atoms. The number of rotatable bonds is 5. The zero-order valence-electron chi connectivity index (χ0n) is 14.5. The topological polar surface area (TPSA) is 94.1 Å². The summed E-state index contributed by atoms with van der Waals surface area (Å²) >= 11 is 1.50. The Morgan fingerprint density at radius 3 is 2.92 bits per heavy atom. The zero-order valence-corrected chi connectivity index (χ0v) is 16.1. The first-order chi connectivity index (χ1) is 12.5. The van der Waals surface area contributed by atoms with E-state index >= 15 is 0 Å². The second-order valence-corrected chi connectivity index (χ2v) is 8.94. The van der Waals surface area contributed by atoms with Crippen LogP contribution in [0.4, 0.5) is 0 Å². The predicted molar refractivity (Wildman–Crippen MR) is 96.1 cm³/mol. The SMILES string of the molecule is CCn1cc(S(=O)(=O)N2CCCC2c2nnc(-c3cccs3)o2)c(C)n1. The first kappa shape index (κ1) is 17.4. The molecule has 1 atom stereocenters. The normalized spacial score (nSPS) is 18.6. The van der Waals surface area contributed by atoms with Crippen LogP contribution in [0.2, 0.25) is 0 Å². The molecule has 1 unspecified atom stereocenters. The van der Waals surface area contributed by atoms with Crippen molar-refractivity contribution in [3.8, 4) is 10.8 Å². The second kappa shape index (κ2) is 6.60. The van der Waals surface area contributed by atoms with Crippen molar-refractivity contribution in [2.24, 2.45) is 0 Å². The molecule has 0 spiro atoms. The fourth-order valence-corrected chi connectivity index (χ4v) is 5.65. The highest BCUT2D eigenvalue weighted by Crippen LogP contribution is 2.37. The number of thiophene rings is 1. The monoisotopic (exact) mass is 393 g/mol. The van der Waals surface area contributed by atoms with Crippen molar-refractivity contribution in [2.75, 3.05) is 6.54 Å². The largest absolute Gasteiger partial charge is 0.418 e. The molecular weight excluding hydrogens is 374 g/mol. The van der Waals surface area contributed by atoms with Gasteiger partial charge in [-0.15, -0.1) is 21.5 Å². The summed E-state index contributed by atoms with van der Waals surface area (Å²) in [6.07, 6.45) is 3.00. The smallest absolute Gasteiger partial charge is 0.257 e. The molecule has 0 amide bonds. The van der Waals surface area contributed by atoms with E-state index in [0.717, 1.165) is 11.3 Å². The van der Waals surface area contributed by atoms with E-state index < -0.39 is 16.1 Å². The van der Waals surface area contributed by atoms with Gasteiger partial charge >= 0.3 is 0 Å². The average Bonchev–Trinajstić information content (AvgIpc) is 3.37. The van der Waals surface area contributed by atoms with Crippen LogP contribution in [0.3, 0.4) is 0 Å². The van der Waals surface area contributed by atoms with Gasteiger partial charge in [-0.05, 0) is 38.1 Å². The molecule has 1 fully saturated rings. The Bertz CT molecular complexity index is 1010. The lowest BCUT2D eigenvalue weighted by Gasteiger charge is -2.20. The lowest BCUT2D eigenvalue weighted by Crippen LogP contribution is -2.31. The van der Waals surface area contributed by atoms with E-state index in [1.54, 1.807) is 17.8 Å². The molecular formula is C16H19N5O3S2. The summed E-state index contributed by atoms with van der Waals surface area (Å²) in [4.78, 5) is 1.11. The number of aryl methyl sites for hydroxylation is 2. The van der Waals surface area contributed by atoms with Crippen LogP contribution in [-0.4, -0.2) is 39.2 Å². The molecule has 1 saturated heterocycles. The van der Waals surface area contributed by atoms with Crippen LogP contribution in [0.25, 0.3) is 10.8 Å². The van der Waals surface area contributed by atoms with Gasteiger partial charge in [0.2, 0.25) is 15.9 Å². The maximum Gasteiger partial charge on any atom is 0.257 e. The Morgan fingerprint density at radius 2 is 2.23 bits per heavy atom. The van der Waals surface area contributed by atoms with Gasteiger partial charge in [-0.25, -0.2) is 8.42 Å². The Hall–Kier alpha value is -2.04. The van der Waals surface area contributed by atoms with E-state index in [-0.39, 0.29) is 4.90 Å². The van der Waals surface area contributed by atoms with E-state index in [0.29, 0.717) is 37.0 Å². The number of nitrogens with zero attached hydrogens (tertiary/aromatic N) is 5. The highest BCUT2D eigenvalue weighted by atomic mass is 32.2. The van der Waals surface area contributed by atoms with E-state index in [1.807, 2.05) is 24.4 Å². The number of aromatic nitrogens is 4. The summed E-state index contributed by atoms with van der Waals surface area (Å²) in [7, 11) is -3.68. The highest BCUT2D eigenvalue weighted by Gasteiger charge is 2.40. The van der Waals surface area contributed by atoms with Gasteiger partial charge in [0.05, 0.1) is 10.6 Å². The van der Waals surface area contributed by atoms with Crippen LogP contribution < -0.4 is 0 Å². The first-order valence-electron chi connectivity index (χ1n) is 8.44. The maximum absolute atomic E-state index is 13.2. The van der Waals surface area contributed by atoms with E-state index in [1.165, 1.54) is 15.6 Å². The third-order valence-corrected chi connectivity index (χ3v) is 7.34. The molecule has 0 aromatic carbocycles. The molecule has 4 rings (SSSR count).